The Balaban J connectivity index is 2.26. The summed E-state index contributed by atoms with van der Waals surface area (Å²) in [5, 5.41) is 16.8. The summed E-state index contributed by atoms with van der Waals surface area (Å²) in [4.78, 5) is 23.5. The van der Waals surface area contributed by atoms with Gasteiger partial charge in [-0.25, -0.2) is 4.68 Å². The molecule has 134 valence electrons. The SMILES string of the molecule is CCn1ncc(C(=O)c2ccc(Cl)c(OCCNC(C)=O)c2Cl)c1O. The van der Waals surface area contributed by atoms with Crippen LogP contribution in [0.3, 0.4) is 0 Å². The molecule has 0 radical (unpaired) electrons. The maximum absolute atomic E-state index is 12.6. The number of aryl methyl sites for hydroxylation is 1. The molecule has 0 bridgehead atoms. The van der Waals surface area contributed by atoms with Crippen molar-refractivity contribution in [1.29, 1.82) is 0 Å². The number of aromatic nitrogens is 2. The van der Waals surface area contributed by atoms with E-state index in [1.54, 1.807) is 6.92 Å². The number of nitrogens with one attached hydrogen (secondary N) is 1. The lowest BCUT2D eigenvalue weighted by atomic mass is 10.1. The predicted molar refractivity (Wildman–Crippen MR) is 93.6 cm³/mol. The Bertz CT molecular complexity index is 805. The van der Waals surface area contributed by atoms with E-state index in [9.17, 15) is 14.7 Å². The number of benzene rings is 1. The summed E-state index contributed by atoms with van der Waals surface area (Å²) in [6.45, 7) is 4.00. The molecule has 0 aliphatic carbocycles. The van der Waals surface area contributed by atoms with Crippen LogP contribution in [0.25, 0.3) is 0 Å². The Labute approximate surface area is 154 Å². The van der Waals surface area contributed by atoms with E-state index in [4.69, 9.17) is 27.9 Å². The molecule has 0 fully saturated rings. The molecular weight excluding hydrogens is 369 g/mol. The van der Waals surface area contributed by atoms with Crippen molar-refractivity contribution in [2.75, 3.05) is 13.2 Å². The Hall–Kier alpha value is -2.25. The second kappa shape index (κ2) is 8.22. The number of carbonyl (C=O) groups excluding carboxylic acids is 2. The summed E-state index contributed by atoms with van der Waals surface area (Å²) >= 11 is 12.3. The maximum Gasteiger partial charge on any atom is 0.220 e. The summed E-state index contributed by atoms with van der Waals surface area (Å²) in [5.41, 5.74) is 0.168. The first kappa shape index (κ1) is 19.1. The minimum absolute atomic E-state index is 0.0315. The van der Waals surface area contributed by atoms with Gasteiger partial charge in [0.2, 0.25) is 17.6 Å². The fourth-order valence-electron chi connectivity index (χ4n) is 2.14. The largest absolute Gasteiger partial charge is 0.493 e. The van der Waals surface area contributed by atoms with Crippen LogP contribution in [-0.2, 0) is 11.3 Å². The third-order valence-electron chi connectivity index (χ3n) is 3.37. The molecular formula is C16H17Cl2N3O4. The van der Waals surface area contributed by atoms with Crippen molar-refractivity contribution in [2.45, 2.75) is 20.4 Å². The van der Waals surface area contributed by atoms with Crippen LogP contribution in [-0.4, -0.2) is 39.7 Å². The van der Waals surface area contributed by atoms with Gasteiger partial charge >= 0.3 is 0 Å². The van der Waals surface area contributed by atoms with Gasteiger partial charge in [0, 0.05) is 19.0 Å². The molecule has 0 saturated carbocycles. The van der Waals surface area contributed by atoms with E-state index in [-0.39, 0.29) is 51.9 Å². The zero-order chi connectivity index (χ0) is 18.6. The molecule has 1 heterocycles. The first-order chi connectivity index (χ1) is 11.9. The monoisotopic (exact) mass is 385 g/mol. The van der Waals surface area contributed by atoms with Gasteiger partial charge in [0.05, 0.1) is 22.8 Å². The van der Waals surface area contributed by atoms with Gasteiger partial charge in [-0.2, -0.15) is 5.10 Å². The van der Waals surface area contributed by atoms with Crippen LogP contribution < -0.4 is 10.1 Å². The fraction of sp³-hybridized carbons (Fsp3) is 0.312. The first-order valence-corrected chi connectivity index (χ1v) is 8.27. The van der Waals surface area contributed by atoms with Crippen molar-refractivity contribution in [3.8, 4) is 11.6 Å². The summed E-state index contributed by atoms with van der Waals surface area (Å²) in [5.74, 6) is -0.771. The molecule has 1 amide bonds. The molecule has 0 aliphatic rings. The van der Waals surface area contributed by atoms with Crippen molar-refractivity contribution in [3.63, 3.8) is 0 Å². The van der Waals surface area contributed by atoms with Crippen molar-refractivity contribution in [1.82, 2.24) is 15.1 Å². The highest BCUT2D eigenvalue weighted by atomic mass is 35.5. The van der Waals surface area contributed by atoms with Crippen LogP contribution in [0.2, 0.25) is 10.0 Å². The molecule has 0 unspecified atom stereocenters. The molecule has 25 heavy (non-hydrogen) atoms. The van der Waals surface area contributed by atoms with Crippen LogP contribution in [0, 0.1) is 0 Å². The van der Waals surface area contributed by atoms with Crippen molar-refractivity contribution in [2.24, 2.45) is 0 Å². The third kappa shape index (κ3) is 4.24. The van der Waals surface area contributed by atoms with Gasteiger partial charge in [-0.1, -0.05) is 23.2 Å². The summed E-state index contributed by atoms with van der Waals surface area (Å²) in [7, 11) is 0. The van der Waals surface area contributed by atoms with Crippen LogP contribution in [0.15, 0.2) is 18.3 Å². The highest BCUT2D eigenvalue weighted by Gasteiger charge is 2.23. The number of aromatic hydroxyl groups is 1. The Kier molecular flexibility index (Phi) is 6.27. The molecule has 2 aromatic rings. The van der Waals surface area contributed by atoms with Crippen molar-refractivity contribution >= 4 is 34.9 Å². The van der Waals surface area contributed by atoms with Gasteiger partial charge in [-0.15, -0.1) is 0 Å². The number of ether oxygens (including phenoxy) is 1. The number of halogens is 2. The molecule has 7 nitrogen and oxygen atoms in total. The molecule has 9 heteroatoms. The first-order valence-electron chi connectivity index (χ1n) is 7.51. The molecule has 0 aliphatic heterocycles. The minimum Gasteiger partial charge on any atom is -0.493 e. The summed E-state index contributed by atoms with van der Waals surface area (Å²) < 4.78 is 6.78. The second-order valence-corrected chi connectivity index (χ2v) is 5.88. The predicted octanol–water partition coefficient (Wildman–Crippen LogP) is 2.66. The summed E-state index contributed by atoms with van der Waals surface area (Å²) in [6, 6.07) is 2.94. The zero-order valence-electron chi connectivity index (χ0n) is 13.7. The van der Waals surface area contributed by atoms with Crippen molar-refractivity contribution in [3.05, 3.63) is 39.5 Å². The van der Waals surface area contributed by atoms with E-state index in [0.717, 1.165) is 0 Å². The summed E-state index contributed by atoms with van der Waals surface area (Å²) in [6.07, 6.45) is 1.28. The van der Waals surface area contributed by atoms with Crippen molar-refractivity contribution < 1.29 is 19.4 Å². The van der Waals surface area contributed by atoms with Crippen LogP contribution in [0.1, 0.15) is 29.8 Å². The van der Waals surface area contributed by atoms with Crippen LogP contribution in [0.4, 0.5) is 0 Å². The number of hydrogen-bond donors (Lipinski definition) is 2. The lowest BCUT2D eigenvalue weighted by Gasteiger charge is -2.12. The van der Waals surface area contributed by atoms with E-state index < -0.39 is 5.78 Å². The Morgan fingerprint density at radius 1 is 1.32 bits per heavy atom. The quantitative estimate of drug-likeness (QED) is 0.564. The molecule has 2 rings (SSSR count). The number of ketones is 1. The third-order valence-corrected chi connectivity index (χ3v) is 4.04. The van der Waals surface area contributed by atoms with E-state index in [0.29, 0.717) is 6.54 Å². The second-order valence-electron chi connectivity index (χ2n) is 5.10. The van der Waals surface area contributed by atoms with Crippen LogP contribution >= 0.6 is 23.2 Å². The minimum atomic E-state index is -0.495. The molecule has 0 atom stereocenters. The van der Waals surface area contributed by atoms with E-state index >= 15 is 0 Å². The smallest absolute Gasteiger partial charge is 0.220 e. The highest BCUT2D eigenvalue weighted by molar-refractivity contribution is 6.40. The fourth-order valence-corrected chi connectivity index (χ4v) is 2.70. The molecule has 0 saturated heterocycles. The topological polar surface area (TPSA) is 93.5 Å². The van der Waals surface area contributed by atoms with E-state index in [1.165, 1.54) is 29.9 Å². The highest BCUT2D eigenvalue weighted by Crippen LogP contribution is 2.37. The van der Waals surface area contributed by atoms with E-state index in [1.807, 2.05) is 0 Å². The number of amides is 1. The van der Waals surface area contributed by atoms with Crippen LogP contribution in [0.5, 0.6) is 11.6 Å². The number of rotatable bonds is 7. The molecule has 1 aromatic carbocycles. The number of carbonyl (C=O) groups is 2. The van der Waals surface area contributed by atoms with Gasteiger partial charge in [-0.3, -0.25) is 9.59 Å². The average molecular weight is 386 g/mol. The van der Waals surface area contributed by atoms with E-state index in [2.05, 4.69) is 10.4 Å². The van der Waals surface area contributed by atoms with Gasteiger partial charge in [0.1, 0.15) is 12.2 Å². The molecule has 1 aromatic heterocycles. The molecule has 2 N–H and O–H groups in total. The lowest BCUT2D eigenvalue weighted by Crippen LogP contribution is -2.25. The Morgan fingerprint density at radius 3 is 2.64 bits per heavy atom. The van der Waals surface area contributed by atoms with Gasteiger partial charge < -0.3 is 15.2 Å². The number of nitrogens with zero attached hydrogens (tertiary/aromatic N) is 2. The standard InChI is InChI=1S/C16H17Cl2N3O4/c1-3-21-16(24)11(8-20-21)14(23)10-4-5-12(17)15(13(10)18)25-7-6-19-9(2)22/h4-5,8,24H,3,6-7H2,1-2H3,(H,19,22). The maximum atomic E-state index is 12.6. The van der Waals surface area contributed by atoms with Gasteiger partial charge in [-0.05, 0) is 19.1 Å². The van der Waals surface area contributed by atoms with Gasteiger partial charge in [0.25, 0.3) is 0 Å². The lowest BCUT2D eigenvalue weighted by molar-refractivity contribution is -0.119. The normalized spacial score (nSPS) is 10.6. The average Bonchev–Trinajstić information content (AvgIpc) is 2.94. The Morgan fingerprint density at radius 2 is 2.04 bits per heavy atom. The number of hydrogen-bond acceptors (Lipinski definition) is 5. The van der Waals surface area contributed by atoms with Gasteiger partial charge in [0.15, 0.2) is 5.75 Å². The molecule has 0 spiro atoms. The zero-order valence-corrected chi connectivity index (χ0v) is 15.2.